The molecule has 0 saturated heterocycles. The molecule has 0 saturated carbocycles. The van der Waals surface area contributed by atoms with E-state index in [0.29, 0.717) is 0 Å². The van der Waals surface area contributed by atoms with Crippen molar-refractivity contribution in [2.75, 3.05) is 0 Å². The molecule has 1 rings (SSSR count). The van der Waals surface area contributed by atoms with Crippen molar-refractivity contribution in [3.8, 4) is 0 Å². The van der Waals surface area contributed by atoms with E-state index in [1.807, 2.05) is 0 Å². The molecule has 6 nitrogen and oxygen atoms in total. The van der Waals surface area contributed by atoms with Gasteiger partial charge in [0.2, 0.25) is 0 Å². The molecule has 0 heterocycles. The number of sulfone groups is 2. The molecular formula is C9H4F6O6S2. The summed E-state index contributed by atoms with van der Waals surface area (Å²) in [5.74, 6) is -2.12. The zero-order valence-corrected chi connectivity index (χ0v) is 11.9. The Labute approximate surface area is 124 Å². The van der Waals surface area contributed by atoms with E-state index in [1.54, 1.807) is 0 Å². The molecule has 0 unspecified atom stereocenters. The number of hydrogen-bond acceptors (Lipinski definition) is 5. The molecule has 0 aliphatic heterocycles. The zero-order valence-electron chi connectivity index (χ0n) is 10.3. The lowest BCUT2D eigenvalue weighted by atomic mass is 10.2. The zero-order chi connectivity index (χ0) is 18.4. The lowest BCUT2D eigenvalue weighted by molar-refractivity contribution is -0.0438. The Morgan fingerprint density at radius 2 is 1.09 bits per heavy atom. The topological polar surface area (TPSA) is 106 Å². The van der Waals surface area contributed by atoms with Crippen LogP contribution in [-0.4, -0.2) is 38.9 Å². The second-order valence-electron chi connectivity index (χ2n) is 3.90. The van der Waals surface area contributed by atoms with Crippen molar-refractivity contribution >= 4 is 25.6 Å². The highest BCUT2D eigenvalue weighted by atomic mass is 32.2. The number of carbonyl (C=O) groups is 1. The van der Waals surface area contributed by atoms with Gasteiger partial charge in [-0.25, -0.2) is 21.6 Å². The summed E-state index contributed by atoms with van der Waals surface area (Å²) < 4.78 is 119. The van der Waals surface area contributed by atoms with Crippen molar-refractivity contribution in [3.63, 3.8) is 0 Å². The maximum absolute atomic E-state index is 12.4. The lowest BCUT2D eigenvalue weighted by Crippen LogP contribution is -2.26. The van der Waals surface area contributed by atoms with Crippen LogP contribution in [0.15, 0.2) is 28.0 Å². The number of benzene rings is 1. The third-order valence-electron chi connectivity index (χ3n) is 2.36. The van der Waals surface area contributed by atoms with Crippen molar-refractivity contribution in [3.05, 3.63) is 23.8 Å². The fourth-order valence-electron chi connectivity index (χ4n) is 1.27. The van der Waals surface area contributed by atoms with Crippen LogP contribution in [0.2, 0.25) is 0 Å². The first kappa shape index (κ1) is 19.2. The molecule has 0 spiro atoms. The second kappa shape index (κ2) is 5.36. The van der Waals surface area contributed by atoms with E-state index in [1.165, 1.54) is 0 Å². The number of aromatic carboxylic acids is 1. The van der Waals surface area contributed by atoms with Crippen LogP contribution in [0.4, 0.5) is 26.3 Å². The fraction of sp³-hybridized carbons (Fsp3) is 0.222. The van der Waals surface area contributed by atoms with Gasteiger partial charge in [0.25, 0.3) is 19.7 Å². The molecule has 0 atom stereocenters. The second-order valence-corrected chi connectivity index (χ2v) is 7.78. The minimum absolute atomic E-state index is 0.0967. The summed E-state index contributed by atoms with van der Waals surface area (Å²) in [7, 11) is -12.5. The van der Waals surface area contributed by atoms with Crippen LogP contribution in [0.25, 0.3) is 0 Å². The Balaban J connectivity index is 3.84. The highest BCUT2D eigenvalue weighted by molar-refractivity contribution is 7.93. The predicted molar refractivity (Wildman–Crippen MR) is 59.9 cm³/mol. The Bertz CT molecular complexity index is 787. The quantitative estimate of drug-likeness (QED) is 0.797. The van der Waals surface area contributed by atoms with Gasteiger partial charge in [0, 0.05) is 0 Å². The molecule has 0 aliphatic carbocycles. The molecule has 130 valence electrons. The van der Waals surface area contributed by atoms with Gasteiger partial charge in [0.1, 0.15) is 0 Å². The van der Waals surface area contributed by atoms with E-state index in [0.717, 1.165) is 0 Å². The van der Waals surface area contributed by atoms with Gasteiger partial charge < -0.3 is 5.11 Å². The van der Waals surface area contributed by atoms with E-state index in [-0.39, 0.29) is 12.1 Å². The van der Waals surface area contributed by atoms with Crippen molar-refractivity contribution in [2.24, 2.45) is 0 Å². The summed E-state index contributed by atoms with van der Waals surface area (Å²) in [6.45, 7) is 0. The highest BCUT2D eigenvalue weighted by Crippen LogP contribution is 2.35. The Kier molecular flexibility index (Phi) is 4.48. The van der Waals surface area contributed by atoms with E-state index in [9.17, 15) is 48.0 Å². The molecule has 0 amide bonds. The molecule has 14 heteroatoms. The molecule has 0 fully saturated rings. The fourth-order valence-corrected chi connectivity index (χ4v) is 3.01. The van der Waals surface area contributed by atoms with Crippen LogP contribution in [0.3, 0.4) is 0 Å². The molecule has 23 heavy (non-hydrogen) atoms. The minimum atomic E-state index is -6.26. The highest BCUT2D eigenvalue weighted by Gasteiger charge is 2.50. The summed E-state index contributed by atoms with van der Waals surface area (Å²) >= 11 is 0. The monoisotopic (exact) mass is 386 g/mol. The number of carboxylic acid groups (broad SMARTS) is 1. The average molecular weight is 386 g/mol. The lowest BCUT2D eigenvalue weighted by Gasteiger charge is -2.12. The largest absolute Gasteiger partial charge is 0.501 e. The predicted octanol–water partition coefficient (Wildman–Crippen LogP) is 1.97. The summed E-state index contributed by atoms with van der Waals surface area (Å²) in [6, 6.07) is -0.598. The SMILES string of the molecule is O=C(O)c1cc(S(=O)(=O)C(F)(F)F)cc(S(=O)(=O)C(F)(F)F)c1. The summed E-state index contributed by atoms with van der Waals surface area (Å²) in [4.78, 5) is 6.83. The maximum atomic E-state index is 12.4. The van der Waals surface area contributed by atoms with E-state index in [2.05, 4.69) is 0 Å². The van der Waals surface area contributed by atoms with E-state index < -0.39 is 58.1 Å². The summed E-state index contributed by atoms with van der Waals surface area (Å²) in [5, 5.41) is 8.62. The number of rotatable bonds is 3. The van der Waals surface area contributed by atoms with E-state index >= 15 is 0 Å². The van der Waals surface area contributed by atoms with Crippen LogP contribution < -0.4 is 0 Å². The average Bonchev–Trinajstić information content (AvgIpc) is 2.35. The van der Waals surface area contributed by atoms with Crippen molar-refractivity contribution in [2.45, 2.75) is 20.8 Å². The van der Waals surface area contributed by atoms with Crippen molar-refractivity contribution in [1.82, 2.24) is 0 Å². The van der Waals surface area contributed by atoms with Crippen molar-refractivity contribution < 1.29 is 53.1 Å². The van der Waals surface area contributed by atoms with Gasteiger partial charge in [0.15, 0.2) is 0 Å². The summed E-state index contributed by atoms with van der Waals surface area (Å²) in [6.07, 6.45) is 0. The first-order chi connectivity index (χ1) is 10.0. The third kappa shape index (κ3) is 3.41. The van der Waals surface area contributed by atoms with Gasteiger partial charge >= 0.3 is 17.0 Å². The number of carboxylic acids is 1. The molecule has 0 aromatic heterocycles. The van der Waals surface area contributed by atoms with Gasteiger partial charge in [-0.2, -0.15) is 26.3 Å². The third-order valence-corrected chi connectivity index (χ3v) is 5.29. The smallest absolute Gasteiger partial charge is 0.478 e. The molecule has 0 bridgehead atoms. The van der Waals surface area contributed by atoms with Gasteiger partial charge in [-0.3, -0.25) is 0 Å². The molecule has 0 radical (unpaired) electrons. The van der Waals surface area contributed by atoms with Gasteiger partial charge in [-0.1, -0.05) is 0 Å². The number of hydrogen-bond donors (Lipinski definition) is 1. The van der Waals surface area contributed by atoms with E-state index in [4.69, 9.17) is 5.11 Å². The molecule has 1 aromatic carbocycles. The molecule has 0 aliphatic rings. The Morgan fingerprint density at radius 1 is 0.783 bits per heavy atom. The molecule has 1 N–H and O–H groups in total. The van der Waals surface area contributed by atoms with Crippen LogP contribution in [0.1, 0.15) is 10.4 Å². The summed E-state index contributed by atoms with van der Waals surface area (Å²) in [5.41, 5.74) is -13.3. The first-order valence-corrected chi connectivity index (χ1v) is 7.99. The molecular weight excluding hydrogens is 382 g/mol. The molecule has 1 aromatic rings. The van der Waals surface area contributed by atoms with Crippen LogP contribution in [-0.2, 0) is 19.7 Å². The number of halogens is 6. The maximum Gasteiger partial charge on any atom is 0.501 e. The number of alkyl halides is 6. The van der Waals surface area contributed by atoms with Crippen LogP contribution in [0, 0.1) is 0 Å². The standard InChI is InChI=1S/C9H4F6O6S2/c10-8(11,12)22(18,19)5-1-4(7(16)17)2-6(3-5)23(20,21)9(13,14)15/h1-3H,(H,16,17). The van der Waals surface area contributed by atoms with Crippen LogP contribution >= 0.6 is 0 Å². The Hall–Kier alpha value is -1.83. The Morgan fingerprint density at radius 3 is 1.30 bits per heavy atom. The van der Waals surface area contributed by atoms with Gasteiger partial charge in [-0.05, 0) is 18.2 Å². The minimum Gasteiger partial charge on any atom is -0.478 e. The van der Waals surface area contributed by atoms with Gasteiger partial charge in [0.05, 0.1) is 15.4 Å². The van der Waals surface area contributed by atoms with Gasteiger partial charge in [-0.15, -0.1) is 0 Å². The normalized spacial score (nSPS) is 13.8. The first-order valence-electron chi connectivity index (χ1n) is 5.03. The van der Waals surface area contributed by atoms with Crippen molar-refractivity contribution in [1.29, 1.82) is 0 Å². The van der Waals surface area contributed by atoms with Crippen LogP contribution in [0.5, 0.6) is 0 Å².